The van der Waals surface area contributed by atoms with Crippen molar-refractivity contribution in [3.05, 3.63) is 0 Å². The zero-order chi connectivity index (χ0) is 16.9. The van der Waals surface area contributed by atoms with Crippen LogP contribution in [0.1, 0.15) is 61.3 Å². The lowest BCUT2D eigenvalue weighted by atomic mass is 10.2. The fourth-order valence-electron chi connectivity index (χ4n) is 3.59. The third kappa shape index (κ3) is 8.36. The molecule has 0 atom stereocenters. The van der Waals surface area contributed by atoms with Gasteiger partial charge in [0, 0.05) is 0 Å². The average Bonchev–Trinajstić information content (AvgIpc) is 2.19. The summed E-state index contributed by atoms with van der Waals surface area (Å²) in [6.07, 6.45) is 1.50. The van der Waals surface area contributed by atoms with Gasteiger partial charge in [0.25, 0.3) is 10.1 Å². The Balaban J connectivity index is 5.00. The molecular formula is C16H36O3SSi. The Kier molecular flexibility index (Phi) is 8.16. The van der Waals surface area contributed by atoms with Gasteiger partial charge in [0.1, 0.15) is 0 Å². The van der Waals surface area contributed by atoms with Crippen molar-refractivity contribution >= 4 is 18.2 Å². The summed E-state index contributed by atoms with van der Waals surface area (Å²) in [6.45, 7) is 16.3. The second-order valence-corrected chi connectivity index (χ2v) is 15.4. The molecule has 0 aliphatic heterocycles. The van der Waals surface area contributed by atoms with Crippen LogP contribution < -0.4 is 0 Å². The summed E-state index contributed by atoms with van der Waals surface area (Å²) in [5.41, 5.74) is 0. The van der Waals surface area contributed by atoms with Crippen molar-refractivity contribution in [1.29, 1.82) is 0 Å². The van der Waals surface area contributed by atoms with Gasteiger partial charge < -0.3 is 0 Å². The molecule has 128 valence electrons. The predicted molar refractivity (Wildman–Crippen MR) is 95.2 cm³/mol. The first-order chi connectivity index (χ1) is 9.29. The Bertz CT molecular complexity index is 384. The van der Waals surface area contributed by atoms with E-state index in [0.717, 1.165) is 6.42 Å². The summed E-state index contributed by atoms with van der Waals surface area (Å²) in [6, 6.07) is 3.78. The molecule has 0 rings (SSSR count). The van der Waals surface area contributed by atoms with E-state index >= 15 is 0 Å². The monoisotopic (exact) mass is 336 g/mol. The molecule has 0 radical (unpaired) electrons. The van der Waals surface area contributed by atoms with Crippen molar-refractivity contribution in [2.75, 3.05) is 5.75 Å². The molecule has 0 saturated carbocycles. The maximum Gasteiger partial charge on any atom is 0.264 e. The van der Waals surface area contributed by atoms with Gasteiger partial charge in [-0.25, -0.2) is 0 Å². The van der Waals surface area contributed by atoms with Gasteiger partial charge in [-0.15, -0.1) is 0 Å². The van der Waals surface area contributed by atoms with E-state index in [4.69, 9.17) is 4.55 Å². The van der Waals surface area contributed by atoms with Crippen molar-refractivity contribution in [2.45, 2.75) is 84.5 Å². The number of hydrogen-bond acceptors (Lipinski definition) is 2. The maximum absolute atomic E-state index is 10.9. The van der Waals surface area contributed by atoms with Gasteiger partial charge in [0.05, 0.1) is 13.8 Å². The number of rotatable bonds is 9. The molecule has 0 aliphatic rings. The summed E-state index contributed by atoms with van der Waals surface area (Å²) < 4.78 is 30.6. The standard InChI is InChI=1S/C16H36O3SSi/c1-14(2)12-21(13-15(3)4,16(5,6)7)11-9-8-10-20(17,18)19/h14-15H,8-13H2,1-7H3,(H,17,18,19). The molecule has 0 aromatic carbocycles. The molecule has 21 heavy (non-hydrogen) atoms. The van der Waals surface area contributed by atoms with Gasteiger partial charge in [-0.2, -0.15) is 8.42 Å². The highest BCUT2D eigenvalue weighted by Gasteiger charge is 2.43. The molecule has 5 heteroatoms. The molecule has 0 unspecified atom stereocenters. The highest BCUT2D eigenvalue weighted by atomic mass is 32.2. The van der Waals surface area contributed by atoms with Gasteiger partial charge in [0.2, 0.25) is 0 Å². The molecule has 0 amide bonds. The van der Waals surface area contributed by atoms with E-state index in [2.05, 4.69) is 48.5 Å². The molecule has 0 heterocycles. The topological polar surface area (TPSA) is 54.4 Å². The van der Waals surface area contributed by atoms with E-state index in [1.165, 1.54) is 18.1 Å². The fourth-order valence-corrected chi connectivity index (χ4v) is 10.8. The van der Waals surface area contributed by atoms with Crippen LogP contribution in [0.3, 0.4) is 0 Å². The van der Waals surface area contributed by atoms with Crippen molar-refractivity contribution in [2.24, 2.45) is 11.8 Å². The van der Waals surface area contributed by atoms with Crippen LogP contribution in [0.25, 0.3) is 0 Å². The zero-order valence-corrected chi connectivity index (χ0v) is 16.9. The van der Waals surface area contributed by atoms with Crippen molar-refractivity contribution in [3.8, 4) is 0 Å². The normalized spacial score (nSPS) is 14.2. The number of hydrogen-bond donors (Lipinski definition) is 1. The Morgan fingerprint density at radius 3 is 1.67 bits per heavy atom. The average molecular weight is 337 g/mol. The van der Waals surface area contributed by atoms with E-state index < -0.39 is 18.2 Å². The molecule has 0 aromatic rings. The highest BCUT2D eigenvalue weighted by Crippen LogP contribution is 2.48. The second kappa shape index (κ2) is 8.11. The Hall–Kier alpha value is 0.127. The van der Waals surface area contributed by atoms with Gasteiger partial charge in [-0.3, -0.25) is 4.55 Å². The molecular weight excluding hydrogens is 300 g/mol. The SMILES string of the molecule is CC(C)C[Si](CCCCS(=O)(=O)O)(CC(C)C)C(C)(C)C. The first kappa shape index (κ1) is 21.1. The predicted octanol–water partition coefficient (Wildman–Crippen LogP) is 5.22. The quantitative estimate of drug-likeness (QED) is 0.357. The lowest BCUT2D eigenvalue weighted by Crippen LogP contribution is -2.46. The first-order valence-electron chi connectivity index (χ1n) is 8.24. The van der Waals surface area contributed by atoms with Crippen LogP contribution in [0.2, 0.25) is 23.2 Å². The zero-order valence-electron chi connectivity index (χ0n) is 15.1. The Morgan fingerprint density at radius 1 is 0.952 bits per heavy atom. The summed E-state index contributed by atoms with van der Waals surface area (Å²) in [5.74, 6) is 1.29. The van der Waals surface area contributed by atoms with E-state index in [-0.39, 0.29) is 5.75 Å². The minimum absolute atomic E-state index is 0.0923. The molecule has 3 nitrogen and oxygen atoms in total. The fraction of sp³-hybridized carbons (Fsp3) is 1.00. The lowest BCUT2D eigenvalue weighted by molar-refractivity contribution is 0.480. The minimum Gasteiger partial charge on any atom is -0.286 e. The van der Waals surface area contributed by atoms with Gasteiger partial charge in [-0.1, -0.05) is 73.0 Å². The summed E-state index contributed by atoms with van der Waals surface area (Å²) in [7, 11) is -5.30. The lowest BCUT2D eigenvalue weighted by Gasteiger charge is -2.46. The van der Waals surface area contributed by atoms with E-state index in [1.807, 2.05) is 0 Å². The van der Waals surface area contributed by atoms with Gasteiger partial charge in [-0.05, 0) is 23.3 Å². The third-order valence-electron chi connectivity index (χ3n) is 4.50. The van der Waals surface area contributed by atoms with Crippen LogP contribution in [-0.2, 0) is 10.1 Å². The van der Waals surface area contributed by atoms with Gasteiger partial charge in [0.15, 0.2) is 0 Å². The summed E-state index contributed by atoms with van der Waals surface area (Å²) in [5, 5.41) is 0.333. The third-order valence-corrected chi connectivity index (χ3v) is 13.0. The summed E-state index contributed by atoms with van der Waals surface area (Å²) >= 11 is 0. The van der Waals surface area contributed by atoms with Crippen LogP contribution >= 0.6 is 0 Å². The molecule has 0 saturated heterocycles. The number of unbranched alkanes of at least 4 members (excludes halogenated alkanes) is 1. The molecule has 0 bridgehead atoms. The van der Waals surface area contributed by atoms with Crippen LogP contribution in [0.4, 0.5) is 0 Å². The molecule has 0 fully saturated rings. The second-order valence-electron chi connectivity index (χ2n) is 8.47. The van der Waals surface area contributed by atoms with E-state index in [1.54, 1.807) is 0 Å². The van der Waals surface area contributed by atoms with Crippen LogP contribution in [0.5, 0.6) is 0 Å². The summed E-state index contributed by atoms with van der Waals surface area (Å²) in [4.78, 5) is 0. The van der Waals surface area contributed by atoms with E-state index in [0.29, 0.717) is 23.3 Å². The Labute approximate surface area is 133 Å². The van der Waals surface area contributed by atoms with Crippen LogP contribution in [0, 0.1) is 11.8 Å². The van der Waals surface area contributed by atoms with E-state index in [9.17, 15) is 8.42 Å². The first-order valence-corrected chi connectivity index (χ1v) is 12.5. The Morgan fingerprint density at radius 2 is 1.38 bits per heavy atom. The van der Waals surface area contributed by atoms with Crippen LogP contribution in [-0.4, -0.2) is 26.8 Å². The molecule has 0 spiro atoms. The van der Waals surface area contributed by atoms with Crippen molar-refractivity contribution in [3.63, 3.8) is 0 Å². The minimum atomic E-state index is -3.81. The molecule has 1 N–H and O–H groups in total. The smallest absolute Gasteiger partial charge is 0.264 e. The largest absolute Gasteiger partial charge is 0.286 e. The highest BCUT2D eigenvalue weighted by molar-refractivity contribution is 7.85. The van der Waals surface area contributed by atoms with Crippen LogP contribution in [0.15, 0.2) is 0 Å². The van der Waals surface area contributed by atoms with Crippen molar-refractivity contribution < 1.29 is 13.0 Å². The van der Waals surface area contributed by atoms with Crippen molar-refractivity contribution in [1.82, 2.24) is 0 Å². The molecule has 0 aliphatic carbocycles. The molecule has 0 aromatic heterocycles. The van der Waals surface area contributed by atoms with Gasteiger partial charge >= 0.3 is 0 Å². The maximum atomic E-state index is 10.9.